The lowest BCUT2D eigenvalue weighted by atomic mass is 9.98. The number of esters is 1. The Morgan fingerprint density at radius 2 is 1.54 bits per heavy atom. The molecule has 52 heavy (non-hydrogen) atoms. The van der Waals surface area contributed by atoms with Crippen LogP contribution in [0.2, 0.25) is 5.02 Å². The van der Waals surface area contributed by atoms with E-state index in [9.17, 15) is 22.4 Å². The first-order valence-electron chi connectivity index (χ1n) is 16.1. The van der Waals surface area contributed by atoms with Gasteiger partial charge >= 0.3 is 18.2 Å². The highest BCUT2D eigenvalue weighted by Crippen LogP contribution is 2.45. The van der Waals surface area contributed by atoms with Gasteiger partial charge in [-0.15, -0.1) is 0 Å². The van der Waals surface area contributed by atoms with Crippen LogP contribution < -0.4 is 19.3 Å². The maximum Gasteiger partial charge on any atom is 0.418 e. The zero-order chi connectivity index (χ0) is 37.3. The number of ether oxygens (including phenoxy) is 3. The summed E-state index contributed by atoms with van der Waals surface area (Å²) in [7, 11) is 3.07. The number of carbonyl (C=O) groups excluding carboxylic acids is 1. The van der Waals surface area contributed by atoms with Gasteiger partial charge in [0, 0.05) is 38.4 Å². The fourth-order valence-corrected chi connectivity index (χ4v) is 6.62. The molecule has 0 aliphatic carbocycles. The maximum atomic E-state index is 16.7. The number of alkyl halides is 3. The average molecular weight is 742 g/mol. The van der Waals surface area contributed by atoms with E-state index in [4.69, 9.17) is 25.8 Å². The quantitative estimate of drug-likeness (QED) is 0.0797. The summed E-state index contributed by atoms with van der Waals surface area (Å²) >= 11 is 6.66. The Labute approximate surface area is 300 Å². The maximum absolute atomic E-state index is 16.7. The standard InChI is InChI=1S/C37H33ClF5N5O4/c1-20-15-29(48(17-22-5-9-24(50-3)10-6-22)18-23-7-11-25(51-4)12-8-23)44-34(31(20)37(41,42)43)30-28(38)16-27-33(32(30)39)45-36(40)46-35(27)47-14-13-26(19-47)52-21(2)49/h5-12,15-16,26H,13-14,17-19H2,1-4H3/t26-/m0/s1. The van der Waals surface area contributed by atoms with Crippen molar-refractivity contribution in [1.29, 1.82) is 0 Å². The van der Waals surface area contributed by atoms with E-state index in [2.05, 4.69) is 15.0 Å². The van der Waals surface area contributed by atoms with Crippen molar-refractivity contribution in [3.63, 3.8) is 0 Å². The number of carbonyl (C=O) groups is 1. The fraction of sp³-hybridized carbons (Fsp3) is 0.297. The summed E-state index contributed by atoms with van der Waals surface area (Å²) in [5, 5.41) is -0.443. The molecular weight excluding hydrogens is 709 g/mol. The smallest absolute Gasteiger partial charge is 0.418 e. The topological polar surface area (TPSA) is 89.9 Å². The Morgan fingerprint density at radius 1 is 0.942 bits per heavy atom. The van der Waals surface area contributed by atoms with Gasteiger partial charge in [0.25, 0.3) is 0 Å². The van der Waals surface area contributed by atoms with E-state index in [1.807, 2.05) is 24.3 Å². The van der Waals surface area contributed by atoms with Crippen molar-refractivity contribution in [2.24, 2.45) is 0 Å². The molecule has 0 radical (unpaired) electrons. The third-order valence-corrected chi connectivity index (χ3v) is 9.02. The molecule has 3 aromatic carbocycles. The van der Waals surface area contributed by atoms with E-state index >= 15 is 4.39 Å². The van der Waals surface area contributed by atoms with Gasteiger partial charge in [-0.1, -0.05) is 35.9 Å². The number of methoxy groups -OCH3 is 2. The molecule has 272 valence electrons. The van der Waals surface area contributed by atoms with Crippen molar-refractivity contribution in [1.82, 2.24) is 15.0 Å². The summed E-state index contributed by atoms with van der Waals surface area (Å²) in [5.74, 6) is -0.493. The number of aryl methyl sites for hydroxylation is 1. The summed E-state index contributed by atoms with van der Waals surface area (Å²) in [4.78, 5) is 26.8. The Morgan fingerprint density at radius 3 is 2.08 bits per heavy atom. The zero-order valence-corrected chi connectivity index (χ0v) is 29.3. The highest BCUT2D eigenvalue weighted by atomic mass is 35.5. The van der Waals surface area contributed by atoms with E-state index < -0.39 is 57.5 Å². The first-order chi connectivity index (χ1) is 24.7. The molecule has 0 bridgehead atoms. The van der Waals surface area contributed by atoms with Crippen molar-refractivity contribution >= 4 is 40.1 Å². The second-order valence-corrected chi connectivity index (χ2v) is 12.7. The minimum atomic E-state index is -4.98. The highest BCUT2D eigenvalue weighted by molar-refractivity contribution is 6.34. The molecule has 0 unspecified atom stereocenters. The predicted octanol–water partition coefficient (Wildman–Crippen LogP) is 8.32. The Balaban J connectivity index is 1.50. The van der Waals surface area contributed by atoms with Gasteiger partial charge in [0.1, 0.15) is 34.8 Å². The minimum absolute atomic E-state index is 0.0294. The van der Waals surface area contributed by atoms with Gasteiger partial charge in [0.05, 0.1) is 42.6 Å². The lowest BCUT2D eigenvalue weighted by molar-refractivity contribution is -0.145. The molecule has 1 saturated heterocycles. The first kappa shape index (κ1) is 36.5. The van der Waals surface area contributed by atoms with Crippen LogP contribution in [0.5, 0.6) is 11.5 Å². The molecule has 1 aliphatic rings. The van der Waals surface area contributed by atoms with E-state index in [1.165, 1.54) is 40.2 Å². The van der Waals surface area contributed by atoms with E-state index in [0.29, 0.717) is 17.9 Å². The molecule has 6 rings (SSSR count). The lowest BCUT2D eigenvalue weighted by Gasteiger charge is -2.27. The number of anilines is 2. The number of benzene rings is 3. The monoisotopic (exact) mass is 741 g/mol. The van der Waals surface area contributed by atoms with Gasteiger partial charge in [-0.25, -0.2) is 9.37 Å². The van der Waals surface area contributed by atoms with Crippen LogP contribution in [0, 0.1) is 18.8 Å². The zero-order valence-electron chi connectivity index (χ0n) is 28.5. The van der Waals surface area contributed by atoms with Gasteiger partial charge < -0.3 is 24.0 Å². The second kappa shape index (κ2) is 14.8. The number of rotatable bonds is 10. The molecule has 1 atom stereocenters. The second-order valence-electron chi connectivity index (χ2n) is 12.3. The number of hydrogen-bond acceptors (Lipinski definition) is 9. The van der Waals surface area contributed by atoms with Crippen LogP contribution in [0.4, 0.5) is 33.6 Å². The van der Waals surface area contributed by atoms with Crippen molar-refractivity contribution in [2.45, 2.75) is 45.6 Å². The molecule has 0 amide bonds. The molecule has 0 spiro atoms. The van der Waals surface area contributed by atoms with Crippen LogP contribution in [-0.2, 0) is 28.8 Å². The largest absolute Gasteiger partial charge is 0.497 e. The molecule has 2 aromatic heterocycles. The fourth-order valence-electron chi connectivity index (χ4n) is 6.34. The number of aromatic nitrogens is 3. The number of nitrogens with zero attached hydrogens (tertiary/aromatic N) is 5. The Kier molecular flexibility index (Phi) is 10.4. The SMILES string of the molecule is COc1ccc(CN(Cc2ccc(OC)cc2)c2cc(C)c(C(F)(F)F)c(-c3c(Cl)cc4c(N5CC[C@H](OC(C)=O)C5)nc(F)nc4c3F)n2)cc1. The van der Waals surface area contributed by atoms with Crippen LogP contribution in [0.3, 0.4) is 0 Å². The number of fused-ring (bicyclic) bond motifs is 1. The first-order valence-corrected chi connectivity index (χ1v) is 16.5. The Hall–Kier alpha value is -5.24. The molecule has 9 nitrogen and oxygen atoms in total. The van der Waals surface area contributed by atoms with Gasteiger partial charge in [-0.3, -0.25) is 4.79 Å². The third-order valence-electron chi connectivity index (χ3n) is 8.73. The molecule has 0 N–H and O–H groups in total. The number of pyridine rings is 1. The Bertz CT molecular complexity index is 2070. The van der Waals surface area contributed by atoms with E-state index in [1.54, 1.807) is 34.1 Å². The molecule has 15 heteroatoms. The number of halogens is 6. The summed E-state index contributed by atoms with van der Waals surface area (Å²) < 4.78 is 91.9. The third kappa shape index (κ3) is 7.66. The summed E-state index contributed by atoms with van der Waals surface area (Å²) in [5.41, 5.74) is -1.90. The summed E-state index contributed by atoms with van der Waals surface area (Å²) in [6.07, 6.45) is -6.40. The van der Waals surface area contributed by atoms with Crippen LogP contribution in [0.25, 0.3) is 22.2 Å². The van der Waals surface area contributed by atoms with Gasteiger partial charge in [-0.2, -0.15) is 27.5 Å². The average Bonchev–Trinajstić information content (AvgIpc) is 3.55. The van der Waals surface area contributed by atoms with Crippen molar-refractivity contribution in [2.75, 3.05) is 37.1 Å². The highest BCUT2D eigenvalue weighted by Gasteiger charge is 2.39. The molecule has 0 saturated carbocycles. The van der Waals surface area contributed by atoms with Gasteiger partial charge in [0.15, 0.2) is 5.82 Å². The molecule has 3 heterocycles. The van der Waals surface area contributed by atoms with Crippen LogP contribution in [-0.4, -0.2) is 54.3 Å². The summed E-state index contributed by atoms with van der Waals surface area (Å²) in [6, 6.07) is 16.8. The van der Waals surface area contributed by atoms with Crippen LogP contribution >= 0.6 is 11.6 Å². The van der Waals surface area contributed by atoms with E-state index in [-0.39, 0.29) is 48.8 Å². The predicted molar refractivity (Wildman–Crippen MR) is 186 cm³/mol. The van der Waals surface area contributed by atoms with Gasteiger partial charge in [-0.05, 0) is 60.0 Å². The van der Waals surface area contributed by atoms with Crippen molar-refractivity contribution in [3.05, 3.63) is 99.8 Å². The minimum Gasteiger partial charge on any atom is -0.497 e. The molecule has 1 aliphatic heterocycles. The van der Waals surface area contributed by atoms with Crippen molar-refractivity contribution in [3.8, 4) is 22.8 Å². The van der Waals surface area contributed by atoms with Gasteiger partial charge in [0.2, 0.25) is 0 Å². The number of hydrogen-bond donors (Lipinski definition) is 0. The normalized spacial score (nSPS) is 14.5. The van der Waals surface area contributed by atoms with E-state index in [0.717, 1.165) is 11.1 Å². The molecule has 5 aromatic rings. The molecule has 1 fully saturated rings. The molecular formula is C37H33ClF5N5O4. The lowest BCUT2D eigenvalue weighted by Crippen LogP contribution is -2.25. The van der Waals surface area contributed by atoms with Crippen molar-refractivity contribution < 1.29 is 41.0 Å². The van der Waals surface area contributed by atoms with Crippen LogP contribution in [0.15, 0.2) is 60.7 Å². The summed E-state index contributed by atoms with van der Waals surface area (Å²) in [6.45, 7) is 3.34. The van der Waals surface area contributed by atoms with Crippen LogP contribution in [0.1, 0.15) is 35.6 Å².